The van der Waals surface area contributed by atoms with Crippen LogP contribution in [-0.4, -0.2) is 59.3 Å². The molecule has 2 unspecified atom stereocenters. The first kappa shape index (κ1) is 21.5. The Hall–Kier alpha value is -2.75. The molecule has 2 aromatic rings. The number of rotatable bonds is 4. The minimum atomic E-state index is -0.681. The topological polar surface area (TPSA) is 119 Å². The summed E-state index contributed by atoms with van der Waals surface area (Å²) >= 11 is 6.19. The van der Waals surface area contributed by atoms with E-state index in [9.17, 15) is 14.3 Å². The summed E-state index contributed by atoms with van der Waals surface area (Å²) in [5, 5.41) is 12.5. The Bertz CT molecular complexity index is 1050. The van der Waals surface area contributed by atoms with Crippen molar-refractivity contribution in [1.29, 1.82) is 0 Å². The number of benzene rings is 1. The van der Waals surface area contributed by atoms with Crippen molar-refractivity contribution in [2.75, 3.05) is 26.2 Å². The fourth-order valence-electron chi connectivity index (χ4n) is 3.88. The van der Waals surface area contributed by atoms with Crippen molar-refractivity contribution in [3.05, 3.63) is 57.5 Å². The van der Waals surface area contributed by atoms with Gasteiger partial charge in [-0.05, 0) is 24.0 Å². The molecular weight excluding hydrogens is 425 g/mol. The van der Waals surface area contributed by atoms with Crippen LogP contribution in [0.25, 0.3) is 5.57 Å². The van der Waals surface area contributed by atoms with Crippen LogP contribution in [0.4, 0.5) is 4.39 Å². The second-order valence-corrected chi connectivity index (χ2v) is 8.28. The lowest BCUT2D eigenvalue weighted by atomic mass is 10.1. The van der Waals surface area contributed by atoms with Crippen molar-refractivity contribution in [1.82, 2.24) is 9.88 Å². The molecule has 0 radical (unpaired) electrons. The van der Waals surface area contributed by atoms with Crippen molar-refractivity contribution < 1.29 is 29.3 Å². The molecular formula is C21H25ClFN5O3+2. The molecule has 10 heteroatoms. The second kappa shape index (κ2) is 8.41. The molecule has 2 atom stereocenters. The van der Waals surface area contributed by atoms with Crippen LogP contribution in [0.15, 0.2) is 23.9 Å². The number of H-pyrrole nitrogens is 1. The van der Waals surface area contributed by atoms with Crippen LogP contribution in [0.2, 0.25) is 5.02 Å². The highest BCUT2D eigenvalue weighted by Gasteiger charge is 2.35. The monoisotopic (exact) mass is 449 g/mol. The fraction of sp³-hybridized carbons (Fsp3) is 0.381. The number of aryl methyl sites for hydroxylation is 2. The smallest absolute Gasteiger partial charge is 0.328 e. The molecule has 2 aliphatic rings. The van der Waals surface area contributed by atoms with E-state index in [0.29, 0.717) is 40.9 Å². The van der Waals surface area contributed by atoms with E-state index >= 15 is 0 Å². The average molecular weight is 450 g/mol. The first-order valence-corrected chi connectivity index (χ1v) is 10.4. The van der Waals surface area contributed by atoms with Gasteiger partial charge < -0.3 is 25.8 Å². The van der Waals surface area contributed by atoms with Crippen LogP contribution in [0.1, 0.15) is 27.6 Å². The average Bonchev–Trinajstić information content (AvgIpc) is 3.31. The molecule has 6 N–H and O–H groups in total. The third-order valence-corrected chi connectivity index (χ3v) is 6.15. The van der Waals surface area contributed by atoms with Crippen LogP contribution in [0.3, 0.4) is 0 Å². The van der Waals surface area contributed by atoms with Crippen LogP contribution < -0.4 is 20.8 Å². The number of carbonyl (C=O) groups excluding carboxylic acids is 1. The van der Waals surface area contributed by atoms with Gasteiger partial charge in [0, 0.05) is 18.7 Å². The number of nitrogens with one attached hydrogen (secondary N) is 1. The normalized spacial score (nSPS) is 21.1. The largest absolute Gasteiger partial charge is 0.481 e. The quantitative estimate of drug-likeness (QED) is 0.598. The summed E-state index contributed by atoms with van der Waals surface area (Å²) in [5.74, 6) is -0.188. The SMILES string of the molecule is Cc1nc(C2=C(N)CN(C(=O)c3ccc(F)cc3OC3C[NH2+]CC3O)C2)[nH+]c(C)c1Cl. The highest BCUT2D eigenvalue weighted by Crippen LogP contribution is 2.28. The minimum absolute atomic E-state index is 0.110. The maximum atomic E-state index is 13.9. The predicted molar refractivity (Wildman–Crippen MR) is 111 cm³/mol. The molecule has 1 amide bonds. The Kier molecular flexibility index (Phi) is 5.83. The lowest BCUT2D eigenvalue weighted by Crippen LogP contribution is -2.82. The maximum Gasteiger partial charge on any atom is 0.328 e. The zero-order valence-corrected chi connectivity index (χ0v) is 18.0. The van der Waals surface area contributed by atoms with Gasteiger partial charge in [-0.3, -0.25) is 4.79 Å². The number of aromatic nitrogens is 2. The van der Waals surface area contributed by atoms with Crippen LogP contribution in [-0.2, 0) is 0 Å². The van der Waals surface area contributed by atoms with Crippen LogP contribution >= 0.6 is 11.6 Å². The van der Waals surface area contributed by atoms with E-state index in [0.717, 1.165) is 5.69 Å². The summed E-state index contributed by atoms with van der Waals surface area (Å²) < 4.78 is 19.7. The van der Waals surface area contributed by atoms with Crippen molar-refractivity contribution >= 4 is 23.1 Å². The standard InChI is InChI=1S/C21H23ClFN5O3/c1-10-19(22)11(2)27-20(26-10)14-8-28(9-15(14)24)21(30)13-4-3-12(23)5-17(13)31-18-7-25-6-16(18)29/h3-5,16,18,25,29H,6-9,24H2,1-2H3/p+2. The number of aromatic amines is 1. The number of hydrogen-bond donors (Lipinski definition) is 3. The van der Waals surface area contributed by atoms with Crippen LogP contribution in [0.5, 0.6) is 5.75 Å². The van der Waals surface area contributed by atoms with Gasteiger partial charge in [0.05, 0.1) is 24.2 Å². The predicted octanol–water partition coefficient (Wildman–Crippen LogP) is -0.184. The molecule has 1 aromatic heterocycles. The summed E-state index contributed by atoms with van der Waals surface area (Å²) in [7, 11) is 0. The van der Waals surface area contributed by atoms with E-state index in [-0.39, 0.29) is 30.3 Å². The third-order valence-electron chi connectivity index (χ3n) is 5.59. The van der Waals surface area contributed by atoms with E-state index < -0.39 is 18.0 Å². The molecule has 1 saturated heterocycles. The zero-order valence-electron chi connectivity index (χ0n) is 17.3. The molecule has 31 heavy (non-hydrogen) atoms. The van der Waals surface area contributed by atoms with E-state index in [1.807, 2.05) is 12.2 Å². The molecule has 1 fully saturated rings. The van der Waals surface area contributed by atoms with Crippen molar-refractivity contribution in [3.8, 4) is 5.75 Å². The minimum Gasteiger partial charge on any atom is -0.481 e. The Balaban J connectivity index is 1.57. The Labute approximate surface area is 183 Å². The number of aliphatic hydroxyl groups is 1. The number of halogens is 2. The number of quaternary nitrogens is 1. The molecule has 0 bridgehead atoms. The van der Waals surface area contributed by atoms with Crippen LogP contribution in [0, 0.1) is 19.7 Å². The lowest BCUT2D eigenvalue weighted by molar-refractivity contribution is -0.640. The first-order valence-electron chi connectivity index (χ1n) is 10.0. The van der Waals surface area contributed by atoms with Gasteiger partial charge in [0.25, 0.3) is 5.91 Å². The molecule has 4 rings (SSSR count). The van der Waals surface area contributed by atoms with E-state index in [4.69, 9.17) is 22.1 Å². The number of aliphatic hydroxyl groups excluding tert-OH is 1. The second-order valence-electron chi connectivity index (χ2n) is 7.90. The van der Waals surface area contributed by atoms with E-state index in [2.05, 4.69) is 9.97 Å². The zero-order chi connectivity index (χ0) is 22.3. The summed E-state index contributed by atoms with van der Waals surface area (Å²) in [6.07, 6.45) is -1.19. The van der Waals surface area contributed by atoms with Crippen molar-refractivity contribution in [2.45, 2.75) is 26.1 Å². The lowest BCUT2D eigenvalue weighted by Gasteiger charge is -2.20. The van der Waals surface area contributed by atoms with E-state index in [1.165, 1.54) is 18.2 Å². The number of carbonyl (C=O) groups is 1. The number of nitrogens with two attached hydrogens (primary N) is 2. The molecule has 0 saturated carbocycles. The highest BCUT2D eigenvalue weighted by atomic mass is 35.5. The Morgan fingerprint density at radius 2 is 2.16 bits per heavy atom. The van der Waals surface area contributed by atoms with E-state index in [1.54, 1.807) is 11.8 Å². The third kappa shape index (κ3) is 4.21. The van der Waals surface area contributed by atoms with Gasteiger partial charge in [0.15, 0.2) is 11.8 Å². The molecule has 164 valence electrons. The number of nitrogens with zero attached hydrogens (tertiary/aromatic N) is 2. The van der Waals surface area contributed by atoms with Gasteiger partial charge in [0.1, 0.15) is 41.5 Å². The van der Waals surface area contributed by atoms with Gasteiger partial charge in [0.2, 0.25) is 0 Å². The highest BCUT2D eigenvalue weighted by molar-refractivity contribution is 6.31. The van der Waals surface area contributed by atoms with Gasteiger partial charge >= 0.3 is 5.82 Å². The first-order chi connectivity index (χ1) is 14.7. The van der Waals surface area contributed by atoms with Crippen molar-refractivity contribution in [2.24, 2.45) is 5.73 Å². The summed E-state index contributed by atoms with van der Waals surface area (Å²) in [6.45, 7) is 5.13. The molecule has 2 aliphatic heterocycles. The number of ether oxygens (including phenoxy) is 1. The molecule has 1 aromatic carbocycles. The van der Waals surface area contributed by atoms with Gasteiger partial charge in [-0.25, -0.2) is 9.37 Å². The number of hydrogen-bond acceptors (Lipinski definition) is 5. The van der Waals surface area contributed by atoms with Gasteiger partial charge in [-0.1, -0.05) is 11.6 Å². The molecule has 0 aliphatic carbocycles. The van der Waals surface area contributed by atoms with Gasteiger partial charge in [-0.15, -0.1) is 0 Å². The van der Waals surface area contributed by atoms with Gasteiger partial charge in [-0.2, -0.15) is 0 Å². The summed E-state index contributed by atoms with van der Waals surface area (Å²) in [6, 6.07) is 3.78. The molecule has 8 nitrogen and oxygen atoms in total. The molecule has 3 heterocycles. The summed E-state index contributed by atoms with van der Waals surface area (Å²) in [5.41, 5.74) is 9.10. The Morgan fingerprint density at radius 3 is 2.84 bits per heavy atom. The van der Waals surface area contributed by atoms with Crippen molar-refractivity contribution in [3.63, 3.8) is 0 Å². The fourth-order valence-corrected chi connectivity index (χ4v) is 3.97. The summed E-state index contributed by atoms with van der Waals surface area (Å²) in [4.78, 5) is 22.4. The Morgan fingerprint density at radius 1 is 1.39 bits per heavy atom. The number of amides is 1. The molecule has 0 spiro atoms. The maximum absolute atomic E-state index is 13.9.